The Labute approximate surface area is 220 Å². The van der Waals surface area contributed by atoms with Gasteiger partial charge in [-0.2, -0.15) is 26.3 Å². The molecular weight excluding hydrogens is 574 g/mol. The van der Waals surface area contributed by atoms with Gasteiger partial charge in [-0.25, -0.2) is 14.4 Å². The maximum Gasteiger partial charge on any atom is 0.417 e. The molecular formula is C23H13Cl3F7N3O. The third kappa shape index (κ3) is 7.12. The topological polar surface area (TPSA) is 54.9 Å². The van der Waals surface area contributed by atoms with Gasteiger partial charge in [0, 0.05) is 23.5 Å². The number of carbonyl (C=O) groups is 1. The number of aromatic nitrogens is 2. The molecule has 0 radical (unpaired) electrons. The third-order valence-electron chi connectivity index (χ3n) is 4.90. The average molecular weight is 587 g/mol. The van der Waals surface area contributed by atoms with Gasteiger partial charge in [-0.1, -0.05) is 46.9 Å². The summed E-state index contributed by atoms with van der Waals surface area (Å²) in [5.74, 6) is -5.29. The summed E-state index contributed by atoms with van der Waals surface area (Å²) in [6, 6.07) is 4.83. The van der Waals surface area contributed by atoms with Crippen LogP contribution in [0.5, 0.6) is 0 Å². The van der Waals surface area contributed by atoms with Crippen LogP contribution < -0.4 is 5.32 Å². The summed E-state index contributed by atoms with van der Waals surface area (Å²) < 4.78 is 97.2. The summed E-state index contributed by atoms with van der Waals surface area (Å²) in [5.41, 5.74) is -3.77. The van der Waals surface area contributed by atoms with Crippen LogP contribution in [0.25, 0.3) is 5.83 Å². The lowest BCUT2D eigenvalue weighted by Crippen LogP contribution is -2.20. The average Bonchev–Trinajstić information content (AvgIpc) is 2.83. The molecule has 1 aromatic heterocycles. The second-order valence-electron chi connectivity index (χ2n) is 7.44. The predicted molar refractivity (Wildman–Crippen MR) is 126 cm³/mol. The second kappa shape index (κ2) is 11.2. The molecule has 4 nitrogen and oxygen atoms in total. The molecule has 3 rings (SSSR count). The molecule has 0 aliphatic rings. The van der Waals surface area contributed by atoms with E-state index in [2.05, 4.69) is 15.3 Å². The van der Waals surface area contributed by atoms with Gasteiger partial charge in [-0.3, -0.25) is 4.79 Å². The molecule has 0 saturated carbocycles. The predicted octanol–water partition coefficient (Wildman–Crippen LogP) is 8.41. The van der Waals surface area contributed by atoms with E-state index in [0.717, 1.165) is 18.2 Å². The summed E-state index contributed by atoms with van der Waals surface area (Å²) in [7, 11) is 0. The van der Waals surface area contributed by atoms with Gasteiger partial charge < -0.3 is 5.32 Å². The number of anilines is 1. The lowest BCUT2D eigenvalue weighted by atomic mass is 9.95. The lowest BCUT2D eigenvalue weighted by Gasteiger charge is -2.19. The molecule has 1 atom stereocenters. The van der Waals surface area contributed by atoms with Gasteiger partial charge in [0.05, 0.1) is 27.2 Å². The molecule has 0 unspecified atom stereocenters. The highest BCUT2D eigenvalue weighted by molar-refractivity contribution is 6.48. The first-order valence-corrected chi connectivity index (χ1v) is 11.2. The quantitative estimate of drug-likeness (QED) is 0.172. The van der Waals surface area contributed by atoms with Crippen molar-refractivity contribution in [1.82, 2.24) is 9.97 Å². The highest BCUT2D eigenvalue weighted by atomic mass is 35.5. The Morgan fingerprint density at radius 2 is 1.57 bits per heavy atom. The molecule has 3 aromatic rings. The zero-order valence-electron chi connectivity index (χ0n) is 18.1. The number of hydrogen-bond donors (Lipinski definition) is 1. The van der Waals surface area contributed by atoms with Crippen LogP contribution in [-0.2, 0) is 6.18 Å². The summed E-state index contributed by atoms with van der Waals surface area (Å²) in [6.07, 6.45) is -7.42. The number of nitrogens with one attached hydrogen (secondary N) is 1. The molecule has 0 fully saturated rings. The van der Waals surface area contributed by atoms with Gasteiger partial charge in [0.1, 0.15) is 11.7 Å². The number of rotatable bonds is 7. The minimum Gasteiger partial charge on any atom is -0.347 e. The number of carbonyl (C=O) groups excluding carboxylic acids is 1. The molecule has 0 aliphatic carbocycles. The zero-order chi connectivity index (χ0) is 27.5. The van der Waals surface area contributed by atoms with Crippen LogP contribution in [0, 0.1) is 0 Å². The van der Waals surface area contributed by atoms with E-state index in [1.807, 2.05) is 0 Å². The van der Waals surface area contributed by atoms with Crippen molar-refractivity contribution in [1.29, 1.82) is 0 Å². The molecule has 0 amide bonds. The molecule has 0 bridgehead atoms. The molecule has 1 heterocycles. The van der Waals surface area contributed by atoms with Crippen LogP contribution in [0.15, 0.2) is 54.9 Å². The number of halogens is 10. The van der Waals surface area contributed by atoms with Gasteiger partial charge in [-0.15, -0.1) is 0 Å². The zero-order valence-corrected chi connectivity index (χ0v) is 20.3. The van der Waals surface area contributed by atoms with Crippen molar-refractivity contribution in [2.45, 2.75) is 18.3 Å². The van der Waals surface area contributed by atoms with Gasteiger partial charge in [0.25, 0.3) is 0 Å². The first-order chi connectivity index (χ1) is 17.2. The van der Waals surface area contributed by atoms with E-state index in [1.54, 1.807) is 0 Å². The van der Waals surface area contributed by atoms with Crippen LogP contribution in [0.2, 0.25) is 15.1 Å². The van der Waals surface area contributed by atoms with Crippen LogP contribution >= 0.6 is 34.8 Å². The number of hydrogen-bond acceptors (Lipinski definition) is 4. The number of nitrogens with zero attached hydrogens (tertiary/aromatic N) is 2. The first-order valence-electron chi connectivity index (χ1n) is 10.0. The van der Waals surface area contributed by atoms with E-state index in [0.29, 0.717) is 6.07 Å². The van der Waals surface area contributed by atoms with Crippen molar-refractivity contribution >= 4 is 52.4 Å². The van der Waals surface area contributed by atoms with E-state index in [-0.39, 0.29) is 33.2 Å². The van der Waals surface area contributed by atoms with Gasteiger partial charge >= 0.3 is 12.4 Å². The Morgan fingerprint density at radius 3 is 2.11 bits per heavy atom. The van der Waals surface area contributed by atoms with E-state index in [1.165, 1.54) is 18.5 Å². The molecule has 2 aromatic carbocycles. The largest absolute Gasteiger partial charge is 0.417 e. The monoisotopic (exact) mass is 585 g/mol. The molecule has 0 aliphatic heterocycles. The first kappa shape index (κ1) is 28.7. The van der Waals surface area contributed by atoms with E-state index >= 15 is 0 Å². The standard InChI is InChI=1S/C23H13Cl3F7N3O/c24-16-7-12(8-17(25)20(16)26)14(22(28,29)30)9-18(27)11-2-3-13(15(6-11)23(31,32)33)19(37)10-36-21-34-4-1-5-35-21/h1-9,14H,10H2,(H,34,35,36)/b18-9-/t14-/m0/s1. The smallest absolute Gasteiger partial charge is 0.347 e. The highest BCUT2D eigenvalue weighted by Gasteiger charge is 2.41. The molecule has 0 saturated heterocycles. The van der Waals surface area contributed by atoms with Crippen LogP contribution in [0.1, 0.15) is 33.0 Å². The van der Waals surface area contributed by atoms with Crippen molar-refractivity contribution in [3.63, 3.8) is 0 Å². The fraction of sp³-hybridized carbons (Fsp3) is 0.174. The highest BCUT2D eigenvalue weighted by Crippen LogP contribution is 2.42. The van der Waals surface area contributed by atoms with Crippen molar-refractivity contribution in [3.8, 4) is 0 Å². The van der Waals surface area contributed by atoms with Gasteiger partial charge in [-0.05, 0) is 35.9 Å². The normalized spacial score (nSPS) is 13.4. The Bertz CT molecular complexity index is 1310. The van der Waals surface area contributed by atoms with E-state index < -0.39 is 58.7 Å². The summed E-state index contributed by atoms with van der Waals surface area (Å²) in [6.45, 7) is -0.626. The van der Waals surface area contributed by atoms with Crippen molar-refractivity contribution in [2.75, 3.05) is 11.9 Å². The Kier molecular flexibility index (Phi) is 8.71. The summed E-state index contributed by atoms with van der Waals surface area (Å²) >= 11 is 17.3. The lowest BCUT2D eigenvalue weighted by molar-refractivity contribution is -0.140. The van der Waals surface area contributed by atoms with Gasteiger partial charge in [0.15, 0.2) is 5.78 Å². The summed E-state index contributed by atoms with van der Waals surface area (Å²) in [5, 5.41) is 1.57. The van der Waals surface area contributed by atoms with Crippen LogP contribution in [0.4, 0.5) is 36.7 Å². The Morgan fingerprint density at radius 1 is 0.973 bits per heavy atom. The summed E-state index contributed by atoms with van der Waals surface area (Å²) in [4.78, 5) is 20.0. The molecule has 1 N–H and O–H groups in total. The van der Waals surface area contributed by atoms with E-state index in [4.69, 9.17) is 34.8 Å². The van der Waals surface area contributed by atoms with Crippen molar-refractivity contribution in [3.05, 3.63) is 92.2 Å². The maximum atomic E-state index is 14.9. The maximum absolute atomic E-state index is 14.9. The number of allylic oxidation sites excluding steroid dienone is 1. The van der Waals surface area contributed by atoms with Crippen molar-refractivity contribution < 1.29 is 35.5 Å². The molecule has 37 heavy (non-hydrogen) atoms. The number of benzene rings is 2. The number of Topliss-reactive ketones (excluding diaryl/α,β-unsaturated/α-hetero) is 1. The fourth-order valence-electron chi connectivity index (χ4n) is 3.19. The molecule has 196 valence electrons. The SMILES string of the molecule is O=C(CNc1ncccn1)c1ccc(/C(F)=C/[C@@H](c2cc(Cl)c(Cl)c(Cl)c2)C(F)(F)F)cc1C(F)(F)F. The minimum absolute atomic E-state index is 0.0180. The fourth-order valence-corrected chi connectivity index (χ4v) is 3.81. The van der Waals surface area contributed by atoms with Crippen LogP contribution in [-0.4, -0.2) is 28.5 Å². The van der Waals surface area contributed by atoms with Crippen LogP contribution in [0.3, 0.4) is 0 Å². The minimum atomic E-state index is -5.12. The van der Waals surface area contributed by atoms with Crippen molar-refractivity contribution in [2.24, 2.45) is 0 Å². The Balaban J connectivity index is 1.99. The number of alkyl halides is 6. The number of ketones is 1. The second-order valence-corrected chi connectivity index (χ2v) is 8.63. The third-order valence-corrected chi connectivity index (χ3v) is 6.10. The molecule has 14 heteroatoms. The van der Waals surface area contributed by atoms with Gasteiger partial charge in [0.2, 0.25) is 5.95 Å². The van der Waals surface area contributed by atoms with E-state index in [9.17, 15) is 35.5 Å². The Hall–Kier alpha value is -2.89. The molecule has 0 spiro atoms.